The summed E-state index contributed by atoms with van der Waals surface area (Å²) in [7, 11) is 3.24. The van der Waals surface area contributed by atoms with Gasteiger partial charge in [-0.1, -0.05) is 0 Å². The number of hydrogen-bond donors (Lipinski definition) is 0. The lowest BCUT2D eigenvalue weighted by Gasteiger charge is -2.13. The van der Waals surface area contributed by atoms with Crippen LogP contribution in [0.3, 0.4) is 0 Å². The summed E-state index contributed by atoms with van der Waals surface area (Å²) in [5.41, 5.74) is 4.28. The van der Waals surface area contributed by atoms with Gasteiger partial charge in [0.1, 0.15) is 11.5 Å². The highest BCUT2D eigenvalue weighted by Gasteiger charge is 2.24. The van der Waals surface area contributed by atoms with E-state index in [2.05, 4.69) is 32.8 Å². The van der Waals surface area contributed by atoms with Crippen LogP contribution in [0.4, 0.5) is 0 Å². The van der Waals surface area contributed by atoms with Gasteiger partial charge in [0.25, 0.3) is 0 Å². The molecule has 0 spiro atoms. The average molecular weight is 471 g/mol. The molecule has 0 saturated carbocycles. The second-order valence-corrected chi connectivity index (χ2v) is 7.88. The third kappa shape index (κ3) is 3.42. The molecular formula is C17H18IN3O3S. The van der Waals surface area contributed by atoms with Crippen molar-refractivity contribution in [3.8, 4) is 11.5 Å². The fourth-order valence-electron chi connectivity index (χ4n) is 2.68. The van der Waals surface area contributed by atoms with Gasteiger partial charge in [0, 0.05) is 34.6 Å². The summed E-state index contributed by atoms with van der Waals surface area (Å²) in [6.07, 6.45) is 1.75. The second-order valence-electron chi connectivity index (χ2n) is 5.57. The molecule has 2 heterocycles. The van der Waals surface area contributed by atoms with E-state index in [1.54, 1.807) is 20.4 Å². The van der Waals surface area contributed by atoms with Crippen LogP contribution in [0.25, 0.3) is 11.0 Å². The van der Waals surface area contributed by atoms with Crippen LogP contribution < -0.4 is 9.47 Å². The van der Waals surface area contributed by atoms with Gasteiger partial charge in [-0.15, -0.1) is 0 Å². The van der Waals surface area contributed by atoms with Crippen molar-refractivity contribution in [1.82, 2.24) is 12.7 Å². The summed E-state index contributed by atoms with van der Waals surface area (Å²) in [5, 5.41) is 0.504. The molecule has 1 atom stereocenters. The highest BCUT2D eigenvalue weighted by molar-refractivity contribution is 14.1. The van der Waals surface area contributed by atoms with Crippen LogP contribution in [0, 0.1) is 13.8 Å². The summed E-state index contributed by atoms with van der Waals surface area (Å²) in [4.78, 5) is 8.95. The van der Waals surface area contributed by atoms with Gasteiger partial charge in [-0.3, -0.25) is 4.98 Å². The number of hydrogen-bond acceptors (Lipinski definition) is 5. The summed E-state index contributed by atoms with van der Waals surface area (Å²) < 4.78 is 25.4. The molecule has 0 saturated heterocycles. The fraction of sp³-hybridized carbons (Fsp3) is 0.294. The Kier molecular flexibility index (Phi) is 5.40. The number of halogens is 1. The van der Waals surface area contributed by atoms with E-state index in [1.807, 2.05) is 34.8 Å². The lowest BCUT2D eigenvalue weighted by atomic mass is 10.1. The molecule has 3 aromatic rings. The van der Waals surface area contributed by atoms with Crippen LogP contribution in [0.1, 0.15) is 16.8 Å². The number of aryl methyl sites for hydroxylation is 1. The van der Waals surface area contributed by atoms with Crippen LogP contribution in [0.2, 0.25) is 0 Å². The van der Waals surface area contributed by atoms with Crippen molar-refractivity contribution in [2.75, 3.05) is 14.2 Å². The van der Waals surface area contributed by atoms with E-state index in [1.165, 1.54) is 0 Å². The van der Waals surface area contributed by atoms with E-state index in [4.69, 9.17) is 9.47 Å². The second kappa shape index (κ2) is 7.38. The minimum Gasteiger partial charge on any atom is -0.609 e. The zero-order chi connectivity index (χ0) is 18.1. The first kappa shape index (κ1) is 18.3. The van der Waals surface area contributed by atoms with Crippen molar-refractivity contribution in [2.45, 2.75) is 24.8 Å². The van der Waals surface area contributed by atoms with Crippen molar-refractivity contribution in [3.63, 3.8) is 0 Å². The molecule has 8 heteroatoms. The van der Waals surface area contributed by atoms with Crippen LogP contribution in [0.5, 0.6) is 11.5 Å². The van der Waals surface area contributed by atoms with Gasteiger partial charge in [0.15, 0.2) is 5.75 Å². The van der Waals surface area contributed by atoms with E-state index in [9.17, 15) is 4.55 Å². The maximum Gasteiger partial charge on any atom is 0.333 e. The van der Waals surface area contributed by atoms with Gasteiger partial charge in [-0.05, 0) is 26.0 Å². The molecule has 25 heavy (non-hydrogen) atoms. The SMILES string of the molecule is COc1ccc2c(c1)nc([S@@+]([O-])Cc1ncc(C)c(OC)c1C)n2I. The molecule has 0 fully saturated rings. The van der Waals surface area contributed by atoms with Gasteiger partial charge in [0.2, 0.25) is 0 Å². The molecular weight excluding hydrogens is 453 g/mol. The zero-order valence-electron chi connectivity index (χ0n) is 14.4. The lowest BCUT2D eigenvalue weighted by Crippen LogP contribution is -2.12. The van der Waals surface area contributed by atoms with E-state index in [-0.39, 0.29) is 5.75 Å². The summed E-state index contributed by atoms with van der Waals surface area (Å²) in [5.74, 6) is 1.79. The molecule has 3 rings (SSSR count). The molecule has 132 valence electrons. The quantitative estimate of drug-likeness (QED) is 0.420. The van der Waals surface area contributed by atoms with Crippen molar-refractivity contribution >= 4 is 45.1 Å². The third-order valence-electron chi connectivity index (χ3n) is 4.00. The standard InChI is InChI=1S/C17H18IN3O3S/c1-10-8-19-14(11(2)16(10)24-4)9-25(22)17-20-13-7-12(23-3)5-6-15(13)21(17)18/h5-8H,9H2,1-4H3/t25-/m0/s1. The number of imidazole rings is 1. The number of ether oxygens (including phenoxy) is 2. The number of pyridine rings is 1. The fourth-order valence-corrected chi connectivity index (χ4v) is 5.00. The predicted molar refractivity (Wildman–Crippen MR) is 106 cm³/mol. The molecule has 0 unspecified atom stereocenters. The summed E-state index contributed by atoms with van der Waals surface area (Å²) in [6, 6.07) is 5.61. The predicted octanol–water partition coefficient (Wildman–Crippen LogP) is 3.57. The van der Waals surface area contributed by atoms with Crippen molar-refractivity contribution in [1.29, 1.82) is 0 Å². The highest BCUT2D eigenvalue weighted by atomic mass is 127. The number of methoxy groups -OCH3 is 2. The molecule has 2 aromatic heterocycles. The van der Waals surface area contributed by atoms with Gasteiger partial charge in [0.05, 0.1) is 53.8 Å². The molecule has 0 aliphatic rings. The molecule has 6 nitrogen and oxygen atoms in total. The first-order valence-electron chi connectivity index (χ1n) is 7.56. The lowest BCUT2D eigenvalue weighted by molar-refractivity contribution is 0.407. The number of rotatable bonds is 5. The Bertz CT molecular complexity index is 929. The minimum absolute atomic E-state index is 0.284. The van der Waals surface area contributed by atoms with E-state index < -0.39 is 11.2 Å². The van der Waals surface area contributed by atoms with Crippen molar-refractivity contribution < 1.29 is 14.0 Å². The number of benzene rings is 1. The number of aromatic nitrogens is 3. The Hall–Kier alpha value is -1.52. The molecule has 0 bridgehead atoms. The largest absolute Gasteiger partial charge is 0.609 e. The van der Waals surface area contributed by atoms with Gasteiger partial charge >= 0.3 is 5.16 Å². The Labute approximate surface area is 163 Å². The van der Waals surface area contributed by atoms with Crippen molar-refractivity contribution in [3.05, 3.63) is 41.2 Å². The van der Waals surface area contributed by atoms with Gasteiger partial charge in [-0.25, -0.2) is 2.78 Å². The molecule has 0 radical (unpaired) electrons. The Balaban J connectivity index is 1.95. The maximum absolute atomic E-state index is 12.9. The smallest absolute Gasteiger partial charge is 0.333 e. The van der Waals surface area contributed by atoms with Crippen LogP contribution in [0.15, 0.2) is 29.6 Å². The minimum atomic E-state index is -1.33. The maximum atomic E-state index is 12.9. The summed E-state index contributed by atoms with van der Waals surface area (Å²) in [6.45, 7) is 3.88. The molecule has 0 aliphatic heterocycles. The number of nitrogens with zero attached hydrogens (tertiary/aromatic N) is 3. The van der Waals surface area contributed by atoms with E-state index >= 15 is 0 Å². The first-order chi connectivity index (χ1) is 12.0. The summed E-state index contributed by atoms with van der Waals surface area (Å²) >= 11 is 0.790. The topological polar surface area (TPSA) is 72.2 Å². The monoisotopic (exact) mass is 471 g/mol. The van der Waals surface area contributed by atoms with Crippen LogP contribution >= 0.6 is 22.9 Å². The Morgan fingerprint density at radius 3 is 2.68 bits per heavy atom. The Morgan fingerprint density at radius 1 is 1.24 bits per heavy atom. The van der Waals surface area contributed by atoms with E-state index in [0.29, 0.717) is 5.16 Å². The number of fused-ring (bicyclic) bond motifs is 1. The molecule has 0 amide bonds. The van der Waals surface area contributed by atoms with Gasteiger partial charge in [-0.2, -0.15) is 4.98 Å². The average Bonchev–Trinajstić information content (AvgIpc) is 2.94. The molecule has 0 N–H and O–H groups in total. The van der Waals surface area contributed by atoms with Crippen LogP contribution in [-0.4, -0.2) is 31.5 Å². The van der Waals surface area contributed by atoms with Gasteiger partial charge < -0.3 is 14.0 Å². The molecule has 0 aliphatic carbocycles. The zero-order valence-corrected chi connectivity index (χ0v) is 17.3. The molecule has 1 aromatic carbocycles. The van der Waals surface area contributed by atoms with Crippen LogP contribution in [-0.2, 0) is 16.9 Å². The van der Waals surface area contributed by atoms with Crippen molar-refractivity contribution in [2.24, 2.45) is 0 Å². The highest BCUT2D eigenvalue weighted by Crippen LogP contribution is 2.29. The first-order valence-corrected chi connectivity index (χ1v) is 9.84. The normalized spacial score (nSPS) is 12.4. The third-order valence-corrected chi connectivity index (χ3v) is 6.52. The Morgan fingerprint density at radius 2 is 2.00 bits per heavy atom. The van der Waals surface area contributed by atoms with E-state index in [0.717, 1.165) is 39.4 Å².